The summed E-state index contributed by atoms with van der Waals surface area (Å²) in [4.78, 5) is 0. The number of benzene rings is 2. The van der Waals surface area contributed by atoms with Crippen LogP contribution in [0.15, 0.2) is 45.3 Å². The summed E-state index contributed by atoms with van der Waals surface area (Å²) in [5, 5.41) is 3.05. The van der Waals surface area contributed by atoms with Gasteiger partial charge in [-0.2, -0.15) is 0 Å². The minimum absolute atomic E-state index is 0.317. The molecule has 0 amide bonds. The molecule has 2 aromatic carbocycles. The SMILES string of the molecule is CNC(c1ccc(F)c(Br)c1)c1cccc(Br)c1F. The van der Waals surface area contributed by atoms with Gasteiger partial charge in [-0.15, -0.1) is 0 Å². The van der Waals surface area contributed by atoms with E-state index in [0.717, 1.165) is 5.56 Å². The summed E-state index contributed by atoms with van der Waals surface area (Å²) >= 11 is 6.31. The van der Waals surface area contributed by atoms with Crippen LogP contribution >= 0.6 is 31.9 Å². The van der Waals surface area contributed by atoms with Gasteiger partial charge in [0.2, 0.25) is 0 Å². The first-order valence-electron chi connectivity index (χ1n) is 5.60. The molecule has 0 radical (unpaired) electrons. The van der Waals surface area contributed by atoms with Gasteiger partial charge in [-0.25, -0.2) is 8.78 Å². The summed E-state index contributed by atoms with van der Waals surface area (Å²) in [6.45, 7) is 0. The maximum Gasteiger partial charge on any atom is 0.142 e. The van der Waals surface area contributed by atoms with Gasteiger partial charge >= 0.3 is 0 Å². The van der Waals surface area contributed by atoms with Gasteiger partial charge in [0.15, 0.2) is 0 Å². The van der Waals surface area contributed by atoms with Crippen molar-refractivity contribution in [1.82, 2.24) is 5.32 Å². The van der Waals surface area contributed by atoms with Crippen molar-refractivity contribution in [1.29, 1.82) is 0 Å². The summed E-state index contributed by atoms with van der Waals surface area (Å²) in [5.74, 6) is -0.657. The van der Waals surface area contributed by atoms with Crippen LogP contribution in [-0.2, 0) is 0 Å². The molecule has 0 saturated heterocycles. The zero-order valence-electron chi connectivity index (χ0n) is 10.1. The molecular formula is C14H11Br2F2N. The molecule has 2 rings (SSSR count). The molecule has 19 heavy (non-hydrogen) atoms. The molecule has 1 atom stereocenters. The molecule has 1 unspecified atom stereocenters. The highest BCUT2D eigenvalue weighted by atomic mass is 79.9. The highest BCUT2D eigenvalue weighted by Gasteiger charge is 2.18. The van der Waals surface area contributed by atoms with E-state index in [9.17, 15) is 8.78 Å². The largest absolute Gasteiger partial charge is 0.309 e. The van der Waals surface area contributed by atoms with Crippen LogP contribution in [0, 0.1) is 11.6 Å². The Balaban J connectivity index is 2.50. The number of hydrogen-bond acceptors (Lipinski definition) is 1. The Morgan fingerprint density at radius 1 is 1.05 bits per heavy atom. The van der Waals surface area contributed by atoms with Crippen molar-refractivity contribution < 1.29 is 8.78 Å². The van der Waals surface area contributed by atoms with Gasteiger partial charge < -0.3 is 5.32 Å². The minimum Gasteiger partial charge on any atom is -0.309 e. The van der Waals surface area contributed by atoms with Crippen molar-refractivity contribution >= 4 is 31.9 Å². The molecular weight excluding hydrogens is 380 g/mol. The van der Waals surface area contributed by atoms with Crippen LogP contribution in [0.4, 0.5) is 8.78 Å². The fourth-order valence-corrected chi connectivity index (χ4v) is 2.72. The maximum atomic E-state index is 14.1. The topological polar surface area (TPSA) is 12.0 Å². The van der Waals surface area contributed by atoms with E-state index >= 15 is 0 Å². The molecule has 0 fully saturated rings. The van der Waals surface area contributed by atoms with E-state index in [1.165, 1.54) is 6.07 Å². The first-order valence-corrected chi connectivity index (χ1v) is 7.19. The van der Waals surface area contributed by atoms with Gasteiger partial charge in [0.1, 0.15) is 11.6 Å². The zero-order valence-corrected chi connectivity index (χ0v) is 13.2. The second-order valence-corrected chi connectivity index (χ2v) is 5.75. The molecule has 0 bridgehead atoms. The lowest BCUT2D eigenvalue weighted by Crippen LogP contribution is -2.19. The third-order valence-corrected chi connectivity index (χ3v) is 4.08. The highest BCUT2D eigenvalue weighted by molar-refractivity contribution is 9.10. The van der Waals surface area contributed by atoms with E-state index < -0.39 is 0 Å². The average molecular weight is 391 g/mol. The third-order valence-electron chi connectivity index (χ3n) is 2.86. The van der Waals surface area contributed by atoms with Gasteiger partial charge in [0, 0.05) is 5.56 Å². The first kappa shape index (κ1) is 14.6. The minimum atomic E-state index is -0.340. The van der Waals surface area contributed by atoms with Crippen molar-refractivity contribution in [3.8, 4) is 0 Å². The molecule has 1 N–H and O–H groups in total. The molecule has 100 valence electrons. The Hall–Kier alpha value is -0.780. The van der Waals surface area contributed by atoms with E-state index in [4.69, 9.17) is 0 Å². The second-order valence-electron chi connectivity index (χ2n) is 4.04. The summed E-state index contributed by atoms with van der Waals surface area (Å²) < 4.78 is 28.2. The van der Waals surface area contributed by atoms with Crippen molar-refractivity contribution in [2.75, 3.05) is 7.05 Å². The Kier molecular flexibility index (Phi) is 4.71. The molecule has 0 aliphatic carbocycles. The van der Waals surface area contributed by atoms with Crippen LogP contribution < -0.4 is 5.32 Å². The van der Waals surface area contributed by atoms with Crippen molar-refractivity contribution in [3.05, 3.63) is 68.1 Å². The molecule has 2 aromatic rings. The fraction of sp³-hybridized carbons (Fsp3) is 0.143. The van der Waals surface area contributed by atoms with E-state index in [0.29, 0.717) is 14.5 Å². The lowest BCUT2D eigenvalue weighted by Gasteiger charge is -2.19. The van der Waals surface area contributed by atoms with Crippen LogP contribution in [0.1, 0.15) is 17.2 Å². The van der Waals surface area contributed by atoms with Crippen LogP contribution in [0.3, 0.4) is 0 Å². The molecule has 0 spiro atoms. The van der Waals surface area contributed by atoms with Gasteiger partial charge in [-0.05, 0) is 62.7 Å². The number of halogens is 4. The Morgan fingerprint density at radius 2 is 1.79 bits per heavy atom. The van der Waals surface area contributed by atoms with Crippen molar-refractivity contribution in [2.24, 2.45) is 0 Å². The van der Waals surface area contributed by atoms with E-state index in [1.54, 1.807) is 37.4 Å². The van der Waals surface area contributed by atoms with Gasteiger partial charge in [-0.3, -0.25) is 0 Å². The van der Waals surface area contributed by atoms with Crippen LogP contribution in [0.2, 0.25) is 0 Å². The normalized spacial score (nSPS) is 12.5. The van der Waals surface area contributed by atoms with E-state index in [1.807, 2.05) is 0 Å². The lowest BCUT2D eigenvalue weighted by molar-refractivity contribution is 0.569. The van der Waals surface area contributed by atoms with E-state index in [2.05, 4.69) is 37.2 Å². The smallest absolute Gasteiger partial charge is 0.142 e. The average Bonchev–Trinajstić information content (AvgIpc) is 2.39. The number of nitrogens with one attached hydrogen (secondary N) is 1. The standard InChI is InChI=1S/C14H11Br2F2N/c1-19-14(8-5-6-12(17)11(16)7-8)9-3-2-4-10(15)13(9)18/h2-7,14,19H,1H3. The van der Waals surface area contributed by atoms with Gasteiger partial charge in [0.25, 0.3) is 0 Å². The van der Waals surface area contributed by atoms with Crippen LogP contribution in [0.5, 0.6) is 0 Å². The molecule has 1 nitrogen and oxygen atoms in total. The summed E-state index contributed by atoms with van der Waals surface area (Å²) in [6.07, 6.45) is 0. The monoisotopic (exact) mass is 389 g/mol. The predicted octanol–water partition coefficient (Wildman–Crippen LogP) is 4.80. The third kappa shape index (κ3) is 3.04. The van der Waals surface area contributed by atoms with Gasteiger partial charge in [0.05, 0.1) is 15.0 Å². The number of rotatable bonds is 3. The van der Waals surface area contributed by atoms with E-state index in [-0.39, 0.29) is 17.7 Å². The quantitative estimate of drug-likeness (QED) is 0.793. The maximum absolute atomic E-state index is 14.1. The van der Waals surface area contributed by atoms with Gasteiger partial charge in [-0.1, -0.05) is 18.2 Å². The molecule has 0 saturated carbocycles. The number of hydrogen-bond donors (Lipinski definition) is 1. The van der Waals surface area contributed by atoms with Crippen molar-refractivity contribution in [2.45, 2.75) is 6.04 Å². The zero-order chi connectivity index (χ0) is 14.0. The summed E-state index contributed by atoms with van der Waals surface area (Å²) in [7, 11) is 1.74. The highest BCUT2D eigenvalue weighted by Crippen LogP contribution is 2.30. The second kappa shape index (κ2) is 6.11. The Labute approximate surface area is 127 Å². The molecule has 0 aromatic heterocycles. The Morgan fingerprint density at radius 3 is 2.42 bits per heavy atom. The Bertz CT molecular complexity index is 602. The van der Waals surface area contributed by atoms with Crippen LogP contribution in [-0.4, -0.2) is 7.05 Å². The van der Waals surface area contributed by atoms with Crippen LogP contribution in [0.25, 0.3) is 0 Å². The lowest BCUT2D eigenvalue weighted by atomic mass is 9.98. The molecule has 0 heterocycles. The summed E-state index contributed by atoms with van der Waals surface area (Å²) in [5.41, 5.74) is 1.29. The fourth-order valence-electron chi connectivity index (χ4n) is 1.94. The summed E-state index contributed by atoms with van der Waals surface area (Å²) in [6, 6.07) is 9.43. The van der Waals surface area contributed by atoms with Crippen molar-refractivity contribution in [3.63, 3.8) is 0 Å². The molecule has 5 heteroatoms. The predicted molar refractivity (Wildman–Crippen MR) is 79.1 cm³/mol. The molecule has 0 aliphatic heterocycles. The molecule has 0 aliphatic rings. The first-order chi connectivity index (χ1) is 9.04.